The third-order valence-corrected chi connectivity index (χ3v) is 3.08. The molecule has 0 aromatic heterocycles. The summed E-state index contributed by atoms with van der Waals surface area (Å²) in [6.07, 6.45) is -6.67. The van der Waals surface area contributed by atoms with Crippen LogP contribution in [-0.4, -0.2) is 69.0 Å². The van der Waals surface area contributed by atoms with Gasteiger partial charge in [-0.15, -0.1) is 0 Å². The topological polar surface area (TPSA) is 130 Å². The maximum absolute atomic E-state index is 11.6. The van der Waals surface area contributed by atoms with Crippen LogP contribution in [0.3, 0.4) is 0 Å². The second kappa shape index (κ2) is 8.71. The van der Waals surface area contributed by atoms with Gasteiger partial charge in [-0.3, -0.25) is 4.79 Å². The van der Waals surface area contributed by atoms with Crippen LogP contribution in [0.15, 0.2) is 30.3 Å². The summed E-state index contributed by atoms with van der Waals surface area (Å²) in [5.74, 6) is -0.859. The van der Waals surface area contributed by atoms with Crippen LogP contribution in [0.1, 0.15) is 5.56 Å². The summed E-state index contributed by atoms with van der Waals surface area (Å²) in [4.78, 5) is 11.6. The summed E-state index contributed by atoms with van der Waals surface area (Å²) in [6.45, 7) is -0.536. The number of amides is 1. The van der Waals surface area contributed by atoms with Crippen LogP contribution in [0.4, 0.5) is 0 Å². The molecule has 1 rings (SSSR count). The van der Waals surface area contributed by atoms with E-state index < -0.39 is 36.9 Å². The highest BCUT2D eigenvalue weighted by molar-refractivity contribution is 5.81. The Morgan fingerprint density at radius 3 is 2.24 bits per heavy atom. The van der Waals surface area contributed by atoms with Gasteiger partial charge in [0, 0.05) is 6.54 Å². The zero-order valence-electron chi connectivity index (χ0n) is 11.5. The minimum Gasteiger partial charge on any atom is -0.394 e. The third-order valence-electron chi connectivity index (χ3n) is 3.08. The Balaban J connectivity index is 2.40. The standard InChI is InChI=1S/C14H21NO6/c16-8-10(17)11(18)12(19)13(20)14(21)15-7-6-9-4-2-1-3-5-9/h1-5,10-13,16-20H,6-8H2,(H,15,21). The van der Waals surface area contributed by atoms with Crippen molar-refractivity contribution in [3.05, 3.63) is 35.9 Å². The Bertz CT molecular complexity index is 427. The summed E-state index contributed by atoms with van der Waals surface area (Å²) in [6, 6.07) is 9.37. The molecule has 0 bridgehead atoms. The molecule has 0 aliphatic carbocycles. The van der Waals surface area contributed by atoms with E-state index in [0.29, 0.717) is 6.42 Å². The molecular formula is C14H21NO6. The quantitative estimate of drug-likeness (QED) is 0.322. The lowest BCUT2D eigenvalue weighted by molar-refractivity contribution is -0.148. The molecule has 0 aliphatic rings. The molecule has 118 valence electrons. The molecular weight excluding hydrogens is 278 g/mol. The van der Waals surface area contributed by atoms with Gasteiger partial charge in [0.2, 0.25) is 0 Å². The van der Waals surface area contributed by atoms with Gasteiger partial charge in [-0.2, -0.15) is 0 Å². The number of hydrogen-bond acceptors (Lipinski definition) is 6. The van der Waals surface area contributed by atoms with E-state index in [1.807, 2.05) is 30.3 Å². The minimum atomic E-state index is -1.89. The van der Waals surface area contributed by atoms with E-state index in [9.17, 15) is 20.1 Å². The maximum Gasteiger partial charge on any atom is 0.251 e. The Morgan fingerprint density at radius 2 is 1.67 bits per heavy atom. The number of nitrogens with one attached hydrogen (secondary N) is 1. The Morgan fingerprint density at radius 1 is 1.05 bits per heavy atom. The molecule has 0 radical (unpaired) electrons. The van der Waals surface area contributed by atoms with E-state index >= 15 is 0 Å². The lowest BCUT2D eigenvalue weighted by Gasteiger charge is -2.24. The molecule has 1 aromatic rings. The predicted molar refractivity (Wildman–Crippen MR) is 74.3 cm³/mol. The van der Waals surface area contributed by atoms with Crippen molar-refractivity contribution in [2.75, 3.05) is 13.2 Å². The summed E-state index contributed by atoms with van der Waals surface area (Å²) in [7, 11) is 0. The minimum absolute atomic E-state index is 0.255. The molecule has 1 amide bonds. The predicted octanol–water partition coefficient (Wildman–Crippen LogP) is -2.22. The Kier molecular flexibility index (Phi) is 7.27. The summed E-state index contributed by atoms with van der Waals surface area (Å²) < 4.78 is 0. The van der Waals surface area contributed by atoms with Crippen LogP contribution < -0.4 is 5.32 Å². The van der Waals surface area contributed by atoms with Crippen LogP contribution in [0.25, 0.3) is 0 Å². The number of rotatable bonds is 8. The van der Waals surface area contributed by atoms with E-state index in [0.717, 1.165) is 5.56 Å². The highest BCUT2D eigenvalue weighted by atomic mass is 16.4. The molecule has 0 fully saturated rings. The molecule has 0 aliphatic heterocycles. The fraction of sp³-hybridized carbons (Fsp3) is 0.500. The molecule has 1 aromatic carbocycles. The van der Waals surface area contributed by atoms with Gasteiger partial charge in [0.15, 0.2) is 6.10 Å². The van der Waals surface area contributed by atoms with Crippen molar-refractivity contribution in [2.45, 2.75) is 30.8 Å². The molecule has 0 saturated carbocycles. The Labute approximate surface area is 122 Å². The molecule has 0 saturated heterocycles. The van der Waals surface area contributed by atoms with E-state index in [4.69, 9.17) is 10.2 Å². The van der Waals surface area contributed by atoms with Gasteiger partial charge in [0.25, 0.3) is 5.91 Å². The van der Waals surface area contributed by atoms with Crippen LogP contribution in [0, 0.1) is 0 Å². The van der Waals surface area contributed by atoms with Gasteiger partial charge in [-0.05, 0) is 12.0 Å². The molecule has 4 unspecified atom stereocenters. The maximum atomic E-state index is 11.6. The van der Waals surface area contributed by atoms with Crippen LogP contribution in [0.5, 0.6) is 0 Å². The second-order valence-corrected chi connectivity index (χ2v) is 4.70. The van der Waals surface area contributed by atoms with E-state index in [-0.39, 0.29) is 6.54 Å². The number of carbonyl (C=O) groups is 1. The number of aliphatic hydroxyl groups is 5. The normalized spacial score (nSPS) is 16.8. The fourth-order valence-corrected chi connectivity index (χ4v) is 1.76. The number of carbonyl (C=O) groups excluding carboxylic acids is 1. The van der Waals surface area contributed by atoms with Crippen LogP contribution in [-0.2, 0) is 11.2 Å². The van der Waals surface area contributed by atoms with E-state index in [1.165, 1.54) is 0 Å². The number of hydrogen-bond donors (Lipinski definition) is 6. The smallest absolute Gasteiger partial charge is 0.251 e. The monoisotopic (exact) mass is 299 g/mol. The van der Waals surface area contributed by atoms with E-state index in [1.54, 1.807) is 0 Å². The van der Waals surface area contributed by atoms with Gasteiger partial charge in [0.05, 0.1) is 6.61 Å². The van der Waals surface area contributed by atoms with Crippen molar-refractivity contribution < 1.29 is 30.3 Å². The van der Waals surface area contributed by atoms with E-state index in [2.05, 4.69) is 5.32 Å². The van der Waals surface area contributed by atoms with Crippen LogP contribution >= 0.6 is 0 Å². The summed E-state index contributed by atoms with van der Waals surface area (Å²) >= 11 is 0. The lowest BCUT2D eigenvalue weighted by atomic mass is 10.0. The van der Waals surface area contributed by atoms with Crippen molar-refractivity contribution in [3.8, 4) is 0 Å². The van der Waals surface area contributed by atoms with Gasteiger partial charge >= 0.3 is 0 Å². The number of benzene rings is 1. The van der Waals surface area contributed by atoms with Crippen LogP contribution in [0.2, 0.25) is 0 Å². The molecule has 6 N–H and O–H groups in total. The first kappa shape index (κ1) is 17.5. The van der Waals surface area contributed by atoms with Gasteiger partial charge in [-0.25, -0.2) is 0 Å². The molecule has 7 nitrogen and oxygen atoms in total. The average Bonchev–Trinajstić information content (AvgIpc) is 2.52. The first-order valence-electron chi connectivity index (χ1n) is 6.62. The zero-order chi connectivity index (χ0) is 15.8. The first-order chi connectivity index (χ1) is 9.97. The SMILES string of the molecule is O=C(NCCc1ccccc1)C(O)C(O)C(O)C(O)CO. The second-order valence-electron chi connectivity index (χ2n) is 4.70. The van der Waals surface area contributed by atoms with Crippen molar-refractivity contribution in [3.63, 3.8) is 0 Å². The average molecular weight is 299 g/mol. The highest BCUT2D eigenvalue weighted by Gasteiger charge is 2.33. The Hall–Kier alpha value is -1.51. The molecule has 21 heavy (non-hydrogen) atoms. The summed E-state index contributed by atoms with van der Waals surface area (Å²) in [5, 5.41) is 48.7. The number of aliphatic hydroxyl groups excluding tert-OH is 5. The van der Waals surface area contributed by atoms with Gasteiger partial charge in [0.1, 0.15) is 18.3 Å². The van der Waals surface area contributed by atoms with Gasteiger partial charge < -0.3 is 30.8 Å². The first-order valence-corrected chi connectivity index (χ1v) is 6.62. The fourth-order valence-electron chi connectivity index (χ4n) is 1.76. The van der Waals surface area contributed by atoms with Gasteiger partial charge in [-0.1, -0.05) is 30.3 Å². The lowest BCUT2D eigenvalue weighted by Crippen LogP contribution is -2.51. The molecule has 4 atom stereocenters. The molecule has 0 heterocycles. The van der Waals surface area contributed by atoms with Crippen molar-refractivity contribution >= 4 is 5.91 Å². The third kappa shape index (κ3) is 5.41. The van der Waals surface area contributed by atoms with Crippen molar-refractivity contribution in [1.82, 2.24) is 5.32 Å². The molecule has 7 heteroatoms. The van der Waals surface area contributed by atoms with Crippen molar-refractivity contribution in [1.29, 1.82) is 0 Å². The molecule has 0 spiro atoms. The largest absolute Gasteiger partial charge is 0.394 e. The van der Waals surface area contributed by atoms with Crippen molar-refractivity contribution in [2.24, 2.45) is 0 Å². The zero-order valence-corrected chi connectivity index (χ0v) is 11.5. The highest BCUT2D eigenvalue weighted by Crippen LogP contribution is 2.05. The summed E-state index contributed by atoms with van der Waals surface area (Å²) in [5.41, 5.74) is 1.00.